The molecule has 0 aromatic heterocycles. The maximum atomic E-state index is 14.4. The van der Waals surface area contributed by atoms with Crippen molar-refractivity contribution in [1.29, 1.82) is 0 Å². The third kappa shape index (κ3) is 11.1. The molecule has 0 spiro atoms. The molecule has 2 N–H and O–H groups in total. The molecule has 4 rings (SSSR count). The number of nitrogens with one attached hydrogen (secondary N) is 1. The highest BCUT2D eigenvalue weighted by atomic mass is 32.2. The summed E-state index contributed by atoms with van der Waals surface area (Å²) in [6.07, 6.45) is -2.81. The summed E-state index contributed by atoms with van der Waals surface area (Å²) in [5.41, 5.74) is 0.306. The van der Waals surface area contributed by atoms with Gasteiger partial charge in [-0.2, -0.15) is 13.2 Å². The van der Waals surface area contributed by atoms with Crippen LogP contribution < -0.4 is 14.2 Å². The van der Waals surface area contributed by atoms with E-state index in [-0.39, 0.29) is 47.4 Å². The molecular formula is C37H48F3N3O7S. The average molecular weight is 736 g/mol. The number of halogens is 3. The number of likely N-dealkylation sites (N-methyl/N-ethyl adjacent to an activating group) is 1. The van der Waals surface area contributed by atoms with Gasteiger partial charge >= 0.3 is 6.18 Å². The van der Waals surface area contributed by atoms with Crippen molar-refractivity contribution in [2.45, 2.75) is 75.9 Å². The van der Waals surface area contributed by atoms with Gasteiger partial charge < -0.3 is 24.2 Å². The van der Waals surface area contributed by atoms with Crippen molar-refractivity contribution in [2.24, 2.45) is 5.92 Å². The van der Waals surface area contributed by atoms with Crippen LogP contribution in [0.5, 0.6) is 11.5 Å². The number of fused-ring (bicyclic) bond motifs is 1. The van der Waals surface area contributed by atoms with Crippen LogP contribution in [0.2, 0.25) is 0 Å². The standard InChI is InChI=1S/C37H48F3N3O7S/c1-25-21-43(26(2)24-44)36(45)33-20-30(41-51(46,47)32-16-14-31(48-5)15-17-32)13-18-34(33)50-27(3)8-6-7-19-49-35(25)23-42(4)22-28-9-11-29(12-10-28)37(38,39)40/h9-18,20,25-27,35,41,44H,6-8,19,21-24H2,1-5H3/t25-,26-,27-,35-/m1/s1. The number of hydrogen-bond acceptors (Lipinski definition) is 8. The first-order valence-corrected chi connectivity index (χ1v) is 18.4. The van der Waals surface area contributed by atoms with Crippen molar-refractivity contribution in [3.8, 4) is 11.5 Å². The first kappa shape index (κ1) is 39.9. The number of methoxy groups -OCH3 is 1. The van der Waals surface area contributed by atoms with Gasteiger partial charge in [-0.3, -0.25) is 14.4 Å². The molecule has 0 saturated heterocycles. The number of sulfonamides is 1. The summed E-state index contributed by atoms with van der Waals surface area (Å²) in [7, 11) is -0.672. The van der Waals surface area contributed by atoms with Crippen LogP contribution in [0, 0.1) is 5.92 Å². The zero-order valence-electron chi connectivity index (χ0n) is 29.7. The average Bonchev–Trinajstić information content (AvgIpc) is 3.09. The molecule has 0 fully saturated rings. The lowest BCUT2D eigenvalue weighted by Crippen LogP contribution is -2.47. The summed E-state index contributed by atoms with van der Waals surface area (Å²) < 4.78 is 86.1. The second-order valence-electron chi connectivity index (χ2n) is 13.2. The van der Waals surface area contributed by atoms with Crippen LogP contribution in [-0.2, 0) is 27.5 Å². The van der Waals surface area contributed by atoms with Crippen LogP contribution >= 0.6 is 0 Å². The predicted octanol–water partition coefficient (Wildman–Crippen LogP) is 6.44. The van der Waals surface area contributed by atoms with E-state index in [1.807, 2.05) is 25.8 Å². The Morgan fingerprint density at radius 3 is 2.37 bits per heavy atom. The molecule has 0 saturated carbocycles. The highest BCUT2D eigenvalue weighted by Crippen LogP contribution is 2.31. The van der Waals surface area contributed by atoms with Crippen LogP contribution in [0.4, 0.5) is 18.9 Å². The SMILES string of the molecule is COc1ccc(S(=O)(=O)Nc2ccc3c(c2)C(=O)N([C@H](C)CO)C[C@@H](C)[C@@H](CN(C)Cc2ccc(C(F)(F)F)cc2)OCCCC[C@@H](C)O3)cc1. The van der Waals surface area contributed by atoms with E-state index in [0.29, 0.717) is 43.2 Å². The number of nitrogens with zero attached hydrogens (tertiary/aromatic N) is 2. The summed E-state index contributed by atoms with van der Waals surface area (Å²) in [5.74, 6) is 0.109. The fourth-order valence-corrected chi connectivity index (χ4v) is 6.95. The zero-order valence-corrected chi connectivity index (χ0v) is 30.5. The molecule has 4 atom stereocenters. The van der Waals surface area contributed by atoms with E-state index >= 15 is 0 Å². The van der Waals surface area contributed by atoms with E-state index in [1.165, 1.54) is 54.5 Å². The summed E-state index contributed by atoms with van der Waals surface area (Å²) in [6.45, 7) is 6.73. The molecule has 51 heavy (non-hydrogen) atoms. The van der Waals surface area contributed by atoms with Crippen molar-refractivity contribution in [2.75, 3.05) is 45.2 Å². The van der Waals surface area contributed by atoms with Crippen LogP contribution in [0.15, 0.2) is 71.6 Å². The molecule has 0 radical (unpaired) electrons. The number of anilines is 1. The third-order valence-electron chi connectivity index (χ3n) is 8.90. The van der Waals surface area contributed by atoms with Crippen LogP contribution in [0.3, 0.4) is 0 Å². The summed E-state index contributed by atoms with van der Waals surface area (Å²) in [6, 6.07) is 14.9. The number of aliphatic hydroxyl groups excluding tert-OH is 1. The molecule has 1 aliphatic heterocycles. The molecule has 3 aromatic carbocycles. The van der Waals surface area contributed by atoms with Crippen molar-refractivity contribution < 1.29 is 45.7 Å². The summed E-state index contributed by atoms with van der Waals surface area (Å²) in [5, 5.41) is 10.2. The number of carbonyl (C=O) groups is 1. The lowest BCUT2D eigenvalue weighted by Gasteiger charge is -2.36. The highest BCUT2D eigenvalue weighted by molar-refractivity contribution is 7.92. The minimum atomic E-state index is -4.41. The topological polar surface area (TPSA) is 118 Å². The Hall–Kier alpha value is -3.85. The number of hydrogen-bond donors (Lipinski definition) is 2. The van der Waals surface area contributed by atoms with Crippen LogP contribution in [-0.4, -0.2) is 87.9 Å². The molecule has 1 amide bonds. The molecule has 280 valence electrons. The van der Waals surface area contributed by atoms with E-state index in [2.05, 4.69) is 4.72 Å². The molecule has 3 aromatic rings. The molecule has 1 heterocycles. The normalized spacial score (nSPS) is 20.2. The number of alkyl halides is 3. The van der Waals surface area contributed by atoms with Gasteiger partial charge in [-0.05, 0) is 100 Å². The lowest BCUT2D eigenvalue weighted by molar-refractivity contribution is -0.137. The Morgan fingerprint density at radius 2 is 1.75 bits per heavy atom. The zero-order chi connectivity index (χ0) is 37.3. The maximum Gasteiger partial charge on any atom is 0.416 e. The second-order valence-corrected chi connectivity index (χ2v) is 14.9. The Balaban J connectivity index is 1.61. The van der Waals surface area contributed by atoms with Crippen molar-refractivity contribution in [3.63, 3.8) is 0 Å². The van der Waals surface area contributed by atoms with Gasteiger partial charge in [-0.25, -0.2) is 8.42 Å². The van der Waals surface area contributed by atoms with Crippen LogP contribution in [0.1, 0.15) is 61.5 Å². The molecule has 1 aliphatic rings. The highest BCUT2D eigenvalue weighted by Gasteiger charge is 2.32. The van der Waals surface area contributed by atoms with Crippen LogP contribution in [0.25, 0.3) is 0 Å². The van der Waals surface area contributed by atoms with Crippen molar-refractivity contribution in [1.82, 2.24) is 9.80 Å². The number of ether oxygens (including phenoxy) is 3. The first-order valence-electron chi connectivity index (χ1n) is 17.0. The Kier molecular flexibility index (Phi) is 13.8. The first-order chi connectivity index (χ1) is 24.1. The third-order valence-corrected chi connectivity index (χ3v) is 10.3. The smallest absolute Gasteiger partial charge is 0.416 e. The Labute approximate surface area is 298 Å². The van der Waals surface area contributed by atoms with Crippen molar-refractivity contribution >= 4 is 21.6 Å². The molecule has 0 aliphatic carbocycles. The van der Waals surface area contributed by atoms with E-state index in [4.69, 9.17) is 14.2 Å². The lowest BCUT2D eigenvalue weighted by atomic mass is 10.0. The molecule has 10 nitrogen and oxygen atoms in total. The largest absolute Gasteiger partial charge is 0.497 e. The molecule has 0 unspecified atom stereocenters. The maximum absolute atomic E-state index is 14.4. The number of carbonyl (C=O) groups excluding carboxylic acids is 1. The Morgan fingerprint density at radius 1 is 1.06 bits per heavy atom. The van der Waals surface area contributed by atoms with Gasteiger partial charge in [0.15, 0.2) is 0 Å². The summed E-state index contributed by atoms with van der Waals surface area (Å²) in [4.78, 5) is 17.9. The number of aliphatic hydroxyl groups is 1. The Bertz CT molecular complexity index is 1690. The molecule has 0 bridgehead atoms. The van der Waals surface area contributed by atoms with Gasteiger partial charge in [0.2, 0.25) is 0 Å². The van der Waals surface area contributed by atoms with E-state index in [9.17, 15) is 31.5 Å². The molecular weight excluding hydrogens is 687 g/mol. The van der Waals surface area contributed by atoms with Gasteiger partial charge in [0.25, 0.3) is 15.9 Å². The van der Waals surface area contributed by atoms with Gasteiger partial charge in [0.1, 0.15) is 11.5 Å². The van der Waals surface area contributed by atoms with E-state index in [0.717, 1.165) is 25.0 Å². The molecule has 14 heteroatoms. The van der Waals surface area contributed by atoms with Gasteiger partial charge in [0, 0.05) is 37.8 Å². The van der Waals surface area contributed by atoms with Crippen molar-refractivity contribution in [3.05, 3.63) is 83.4 Å². The number of rotatable bonds is 10. The number of amides is 1. The van der Waals surface area contributed by atoms with Gasteiger partial charge in [-0.1, -0.05) is 19.1 Å². The fraction of sp³-hybridized carbons (Fsp3) is 0.486. The number of benzene rings is 3. The summed E-state index contributed by atoms with van der Waals surface area (Å²) >= 11 is 0. The minimum absolute atomic E-state index is 0.0123. The van der Waals surface area contributed by atoms with Gasteiger partial charge in [-0.15, -0.1) is 0 Å². The minimum Gasteiger partial charge on any atom is -0.497 e. The van der Waals surface area contributed by atoms with E-state index in [1.54, 1.807) is 19.1 Å². The monoisotopic (exact) mass is 735 g/mol. The van der Waals surface area contributed by atoms with E-state index < -0.39 is 33.7 Å². The fourth-order valence-electron chi connectivity index (χ4n) is 5.90. The van der Waals surface area contributed by atoms with Gasteiger partial charge in [0.05, 0.1) is 48.0 Å². The quantitative estimate of drug-likeness (QED) is 0.245. The second kappa shape index (κ2) is 17.6. The predicted molar refractivity (Wildman–Crippen MR) is 188 cm³/mol.